The Balaban J connectivity index is 1.67. The second kappa shape index (κ2) is 7.16. The molecule has 0 unspecified atom stereocenters. The maximum absolute atomic E-state index is 12.6. The number of carbonyl (C=O) groups excluding carboxylic acids is 1. The fraction of sp³-hybridized carbons (Fsp3) is 0.389. The molecule has 1 aromatic heterocycles. The number of carbonyl (C=O) groups is 1. The summed E-state index contributed by atoms with van der Waals surface area (Å²) in [7, 11) is 0. The molecule has 1 aliphatic rings. The topological polar surface area (TPSA) is 46.1 Å². The van der Waals surface area contributed by atoms with Crippen LogP contribution >= 0.6 is 0 Å². The molecule has 22 heavy (non-hydrogen) atoms. The first-order chi connectivity index (χ1) is 10.8. The van der Waals surface area contributed by atoms with Crippen LogP contribution in [0.25, 0.3) is 0 Å². The first-order valence-corrected chi connectivity index (χ1v) is 7.97. The van der Waals surface area contributed by atoms with E-state index in [2.05, 4.69) is 34.5 Å². The highest BCUT2D eigenvalue weighted by Crippen LogP contribution is 2.23. The molecular weight excluding hydrogens is 274 g/mol. The van der Waals surface area contributed by atoms with Gasteiger partial charge in [-0.15, -0.1) is 5.10 Å². The zero-order chi connectivity index (χ0) is 15.2. The maximum atomic E-state index is 12.6. The van der Waals surface area contributed by atoms with Gasteiger partial charge in [0.2, 0.25) is 0 Å². The number of nitrogens with zero attached hydrogens (tertiary/aromatic N) is 3. The molecule has 2 aromatic rings. The molecule has 0 N–H and O–H groups in total. The molecule has 3 rings (SSSR count). The minimum absolute atomic E-state index is 0.0193. The average molecular weight is 295 g/mol. The van der Waals surface area contributed by atoms with Gasteiger partial charge in [-0.1, -0.05) is 30.3 Å². The zero-order valence-electron chi connectivity index (χ0n) is 12.7. The van der Waals surface area contributed by atoms with Crippen LogP contribution in [0.2, 0.25) is 0 Å². The monoisotopic (exact) mass is 295 g/mol. The average Bonchev–Trinajstić information content (AvgIpc) is 2.61. The van der Waals surface area contributed by atoms with Crippen LogP contribution in [-0.4, -0.2) is 33.6 Å². The second-order valence-corrected chi connectivity index (χ2v) is 5.78. The van der Waals surface area contributed by atoms with E-state index in [9.17, 15) is 4.79 Å². The first kappa shape index (κ1) is 14.7. The Labute approximate surface area is 131 Å². The normalized spacial score (nSPS) is 18.2. The molecule has 1 aliphatic heterocycles. The second-order valence-electron chi connectivity index (χ2n) is 5.78. The summed E-state index contributed by atoms with van der Waals surface area (Å²) in [6.45, 7) is 0.828. The molecule has 0 bridgehead atoms. The summed E-state index contributed by atoms with van der Waals surface area (Å²) in [4.78, 5) is 14.6. The molecule has 2 heterocycles. The molecule has 0 aliphatic carbocycles. The first-order valence-electron chi connectivity index (χ1n) is 7.97. The van der Waals surface area contributed by atoms with Gasteiger partial charge in [0.15, 0.2) is 5.69 Å². The van der Waals surface area contributed by atoms with Gasteiger partial charge in [0, 0.05) is 18.8 Å². The Hall–Kier alpha value is -2.23. The third-order valence-corrected chi connectivity index (χ3v) is 4.29. The minimum Gasteiger partial charge on any atom is -0.334 e. The van der Waals surface area contributed by atoms with E-state index in [0.717, 1.165) is 32.2 Å². The van der Waals surface area contributed by atoms with Gasteiger partial charge in [-0.25, -0.2) is 0 Å². The van der Waals surface area contributed by atoms with Crippen LogP contribution in [0.5, 0.6) is 0 Å². The third-order valence-electron chi connectivity index (χ3n) is 4.29. The van der Waals surface area contributed by atoms with Crippen molar-refractivity contribution in [2.45, 2.75) is 38.1 Å². The van der Waals surface area contributed by atoms with Gasteiger partial charge in [-0.3, -0.25) is 4.79 Å². The van der Waals surface area contributed by atoms with Crippen LogP contribution in [0, 0.1) is 0 Å². The number of piperidine rings is 1. The fourth-order valence-electron chi connectivity index (χ4n) is 3.11. The number of hydrogen-bond donors (Lipinski definition) is 0. The van der Waals surface area contributed by atoms with Crippen LogP contribution < -0.4 is 0 Å². The van der Waals surface area contributed by atoms with Crippen molar-refractivity contribution in [3.63, 3.8) is 0 Å². The maximum Gasteiger partial charge on any atom is 0.274 e. The van der Waals surface area contributed by atoms with Crippen molar-refractivity contribution in [1.82, 2.24) is 15.1 Å². The van der Waals surface area contributed by atoms with Crippen LogP contribution in [0.1, 0.15) is 41.7 Å². The Morgan fingerprint density at radius 3 is 2.77 bits per heavy atom. The standard InChI is InChI=1S/C18H21N3O/c22-18(17-10-6-13-19-20-17)21-14-5-4-9-16(21)12-11-15-7-2-1-3-8-15/h1-3,6-8,10,13,16H,4-5,9,11-12,14H2/t16-/m0/s1. The summed E-state index contributed by atoms with van der Waals surface area (Å²) in [5, 5.41) is 7.79. The van der Waals surface area contributed by atoms with Crippen LogP contribution in [0.15, 0.2) is 48.7 Å². The van der Waals surface area contributed by atoms with Crippen LogP contribution in [0.3, 0.4) is 0 Å². The predicted molar refractivity (Wildman–Crippen MR) is 85.5 cm³/mol. The van der Waals surface area contributed by atoms with E-state index in [1.807, 2.05) is 11.0 Å². The molecule has 1 amide bonds. The molecule has 1 saturated heterocycles. The van der Waals surface area contributed by atoms with Crippen molar-refractivity contribution < 1.29 is 4.79 Å². The lowest BCUT2D eigenvalue weighted by molar-refractivity contribution is 0.0594. The molecule has 0 spiro atoms. The Morgan fingerprint density at radius 2 is 2.00 bits per heavy atom. The van der Waals surface area contributed by atoms with E-state index in [1.165, 1.54) is 12.0 Å². The number of rotatable bonds is 4. The fourth-order valence-corrected chi connectivity index (χ4v) is 3.11. The number of hydrogen-bond acceptors (Lipinski definition) is 3. The van der Waals surface area contributed by atoms with E-state index in [4.69, 9.17) is 0 Å². The number of benzene rings is 1. The summed E-state index contributed by atoms with van der Waals surface area (Å²) in [5.74, 6) is 0.0193. The molecule has 114 valence electrons. The molecule has 0 radical (unpaired) electrons. The van der Waals surface area contributed by atoms with E-state index < -0.39 is 0 Å². The minimum atomic E-state index is 0.0193. The Morgan fingerprint density at radius 1 is 1.14 bits per heavy atom. The van der Waals surface area contributed by atoms with Crippen molar-refractivity contribution in [3.8, 4) is 0 Å². The number of amides is 1. The zero-order valence-corrected chi connectivity index (χ0v) is 12.7. The quantitative estimate of drug-likeness (QED) is 0.870. The highest BCUT2D eigenvalue weighted by molar-refractivity contribution is 5.92. The van der Waals surface area contributed by atoms with Crippen molar-refractivity contribution in [3.05, 3.63) is 59.9 Å². The van der Waals surface area contributed by atoms with Gasteiger partial charge in [0.25, 0.3) is 5.91 Å². The van der Waals surface area contributed by atoms with Crippen molar-refractivity contribution in [1.29, 1.82) is 0 Å². The molecule has 1 fully saturated rings. The summed E-state index contributed by atoms with van der Waals surface area (Å²) in [6.07, 6.45) is 6.97. The Kier molecular flexibility index (Phi) is 4.78. The molecule has 0 saturated carbocycles. The third kappa shape index (κ3) is 3.50. The van der Waals surface area contributed by atoms with Gasteiger partial charge in [0.05, 0.1) is 0 Å². The van der Waals surface area contributed by atoms with E-state index in [0.29, 0.717) is 11.7 Å². The summed E-state index contributed by atoms with van der Waals surface area (Å²) in [5.41, 5.74) is 1.79. The van der Waals surface area contributed by atoms with Gasteiger partial charge in [0.1, 0.15) is 0 Å². The molecule has 1 atom stereocenters. The van der Waals surface area contributed by atoms with Gasteiger partial charge < -0.3 is 4.90 Å². The van der Waals surface area contributed by atoms with E-state index >= 15 is 0 Å². The van der Waals surface area contributed by atoms with Gasteiger partial charge in [-0.2, -0.15) is 5.10 Å². The Bertz CT molecular complexity index is 600. The SMILES string of the molecule is O=C(c1cccnn1)N1CCCC[C@H]1CCc1ccccc1. The van der Waals surface area contributed by atoms with Crippen molar-refractivity contribution >= 4 is 5.91 Å². The van der Waals surface area contributed by atoms with Crippen LogP contribution in [-0.2, 0) is 6.42 Å². The lowest BCUT2D eigenvalue weighted by Gasteiger charge is -2.35. The molecule has 1 aromatic carbocycles. The van der Waals surface area contributed by atoms with Gasteiger partial charge >= 0.3 is 0 Å². The summed E-state index contributed by atoms with van der Waals surface area (Å²) >= 11 is 0. The van der Waals surface area contributed by atoms with Crippen molar-refractivity contribution in [2.75, 3.05) is 6.54 Å². The number of aryl methyl sites for hydroxylation is 1. The smallest absolute Gasteiger partial charge is 0.274 e. The van der Waals surface area contributed by atoms with E-state index in [1.54, 1.807) is 18.3 Å². The highest BCUT2D eigenvalue weighted by Gasteiger charge is 2.27. The predicted octanol–water partition coefficient (Wildman–Crippen LogP) is 3.10. The van der Waals surface area contributed by atoms with Gasteiger partial charge in [-0.05, 0) is 49.8 Å². The molecule has 4 heteroatoms. The van der Waals surface area contributed by atoms with Crippen LogP contribution in [0.4, 0.5) is 0 Å². The molecule has 4 nitrogen and oxygen atoms in total. The lowest BCUT2D eigenvalue weighted by Crippen LogP contribution is -2.44. The highest BCUT2D eigenvalue weighted by atomic mass is 16.2. The number of likely N-dealkylation sites (tertiary alicyclic amines) is 1. The number of aromatic nitrogens is 2. The largest absolute Gasteiger partial charge is 0.334 e. The lowest BCUT2D eigenvalue weighted by atomic mass is 9.95. The van der Waals surface area contributed by atoms with E-state index in [-0.39, 0.29) is 5.91 Å². The molecular formula is C18H21N3O. The van der Waals surface area contributed by atoms with Crippen molar-refractivity contribution in [2.24, 2.45) is 0 Å². The summed E-state index contributed by atoms with van der Waals surface area (Å²) < 4.78 is 0. The summed E-state index contributed by atoms with van der Waals surface area (Å²) in [6, 6.07) is 14.3.